The van der Waals surface area contributed by atoms with E-state index in [1.807, 2.05) is 28.3 Å². The lowest BCUT2D eigenvalue weighted by Gasteiger charge is -2.49. The summed E-state index contributed by atoms with van der Waals surface area (Å²) in [5.41, 5.74) is 12.4. The van der Waals surface area contributed by atoms with E-state index in [1.54, 1.807) is 5.38 Å². The van der Waals surface area contributed by atoms with Gasteiger partial charge in [-0.15, -0.1) is 23.1 Å². The van der Waals surface area contributed by atoms with Gasteiger partial charge in [0.05, 0.1) is 11.1 Å². The van der Waals surface area contributed by atoms with E-state index in [2.05, 4.69) is 20.8 Å². The molecule has 1 saturated heterocycles. The molecule has 1 fully saturated rings. The third kappa shape index (κ3) is 5.08. The molecule has 2 aliphatic heterocycles. The number of hydrogen-bond acceptors (Lipinski definition) is 13. The van der Waals surface area contributed by atoms with Gasteiger partial charge in [0.1, 0.15) is 36.1 Å². The Bertz CT molecular complexity index is 1550. The number of thiazole rings is 1. The minimum absolute atomic E-state index is 0.0444. The summed E-state index contributed by atoms with van der Waals surface area (Å²) in [6.45, 7) is 0.275. The summed E-state index contributed by atoms with van der Waals surface area (Å²) in [6.07, 6.45) is 0.926. The first-order valence-corrected chi connectivity index (χ1v) is 14.6. The van der Waals surface area contributed by atoms with Gasteiger partial charge in [0.25, 0.3) is 16.6 Å². The lowest BCUT2D eigenvalue weighted by atomic mass is 10.0. The second-order valence-electron chi connectivity index (χ2n) is 8.71. The number of thiophene rings is 1. The highest BCUT2D eigenvalue weighted by molar-refractivity contribution is 8.00. The van der Waals surface area contributed by atoms with E-state index in [4.69, 9.17) is 16.3 Å². The predicted octanol–water partition coefficient (Wildman–Crippen LogP) is -0.294. The number of aliphatic hydroxyl groups excluding tert-OH is 1. The summed E-state index contributed by atoms with van der Waals surface area (Å²) in [5, 5.41) is 33.2. The SMILES string of the molecule is CO/N=C(\C(=O)NC1C(=O)N2C(C(=O)O)=C(C[n+]3cccc4c(NC(O)CN)csc43)CS[C@H]12)c1csc(N)n1. The Balaban J connectivity index is 1.37. The van der Waals surface area contributed by atoms with Crippen molar-refractivity contribution in [2.45, 2.75) is 24.2 Å². The lowest BCUT2D eigenvalue weighted by Crippen LogP contribution is -2.71. The number of hydrogen-bond donors (Lipinski definition) is 6. The van der Waals surface area contributed by atoms with Gasteiger partial charge in [-0.1, -0.05) is 16.5 Å². The van der Waals surface area contributed by atoms with Crippen molar-refractivity contribution in [1.29, 1.82) is 0 Å². The number of carboxylic acids is 1. The number of carbonyl (C=O) groups is 3. The van der Waals surface area contributed by atoms with Crippen molar-refractivity contribution in [2.24, 2.45) is 10.9 Å². The number of nitrogens with zero attached hydrogens (tertiary/aromatic N) is 4. The molecule has 2 unspecified atom stereocenters. The van der Waals surface area contributed by atoms with Gasteiger partial charge in [-0.25, -0.2) is 9.78 Å². The Labute approximate surface area is 239 Å². The second-order valence-corrected chi connectivity index (χ2v) is 11.6. The molecule has 8 N–H and O–H groups in total. The maximum atomic E-state index is 13.2. The molecule has 0 bridgehead atoms. The Morgan fingerprint density at radius 1 is 1.38 bits per heavy atom. The van der Waals surface area contributed by atoms with Gasteiger partial charge in [0, 0.05) is 34.7 Å². The van der Waals surface area contributed by atoms with Gasteiger partial charge < -0.3 is 37.2 Å². The summed E-state index contributed by atoms with van der Waals surface area (Å²) >= 11 is 3.91. The number of pyridine rings is 1. The largest absolute Gasteiger partial charge is 0.477 e. The van der Waals surface area contributed by atoms with Crippen LogP contribution < -0.4 is 26.7 Å². The number of aliphatic hydroxyl groups is 1. The molecular formula is C23H25N8O6S3+. The van der Waals surface area contributed by atoms with Gasteiger partial charge in [0.15, 0.2) is 23.6 Å². The summed E-state index contributed by atoms with van der Waals surface area (Å²) in [4.78, 5) is 49.4. The fourth-order valence-corrected chi connectivity index (χ4v) is 7.31. The first kappa shape index (κ1) is 27.8. The van der Waals surface area contributed by atoms with Crippen molar-refractivity contribution in [3.05, 3.63) is 46.1 Å². The van der Waals surface area contributed by atoms with Crippen LogP contribution in [0.3, 0.4) is 0 Å². The quantitative estimate of drug-likeness (QED) is 0.0581. The molecule has 210 valence electrons. The number of nitrogens with two attached hydrogens (primary N) is 2. The molecule has 0 spiro atoms. The van der Waals surface area contributed by atoms with Crippen LogP contribution in [0, 0.1) is 0 Å². The Kier molecular flexibility index (Phi) is 7.90. The van der Waals surface area contributed by atoms with Crippen LogP contribution >= 0.6 is 34.4 Å². The van der Waals surface area contributed by atoms with Crippen molar-refractivity contribution in [3.63, 3.8) is 0 Å². The number of β-lactam (4-membered cyclic amide) rings is 1. The second kappa shape index (κ2) is 11.4. The normalized spacial score (nSPS) is 19.7. The third-order valence-corrected chi connectivity index (χ3v) is 9.25. The van der Waals surface area contributed by atoms with Crippen LogP contribution in [0.4, 0.5) is 10.8 Å². The highest BCUT2D eigenvalue weighted by atomic mass is 32.2. The standard InChI is InChI=1S/C23H24N8O6S3/c1-37-29-15(13-9-40-23(25)27-13)18(33)28-16-19(34)31-17(22(35)36)10(7-38-21(16)31)6-30-4-2-3-11-12(8-39-20(11)30)26-14(32)5-24/h2-4,8-9,14,16,21,26,32H,5-7,24H2,1H3,(H3-,25,27,28,33,35,36)/p+1/b29-15-/t14?,16?,21-/m1/s1. The smallest absolute Gasteiger partial charge is 0.352 e. The number of anilines is 2. The number of aliphatic carboxylic acids is 1. The van der Waals surface area contributed by atoms with Gasteiger partial charge in [0.2, 0.25) is 0 Å². The van der Waals surface area contributed by atoms with Gasteiger partial charge >= 0.3 is 5.97 Å². The molecule has 0 aromatic carbocycles. The number of fused-ring (bicyclic) bond motifs is 2. The molecule has 40 heavy (non-hydrogen) atoms. The Morgan fingerprint density at radius 2 is 2.17 bits per heavy atom. The number of amides is 2. The number of carboxylic acid groups (broad SMARTS) is 1. The van der Waals surface area contributed by atoms with Crippen LogP contribution in [0.2, 0.25) is 0 Å². The summed E-state index contributed by atoms with van der Waals surface area (Å²) in [7, 11) is 1.28. The molecule has 5 heterocycles. The van der Waals surface area contributed by atoms with E-state index < -0.39 is 35.4 Å². The molecule has 3 atom stereocenters. The molecule has 14 nitrogen and oxygen atoms in total. The van der Waals surface area contributed by atoms with Crippen LogP contribution in [-0.2, 0) is 25.8 Å². The van der Waals surface area contributed by atoms with E-state index in [-0.39, 0.29) is 35.3 Å². The van der Waals surface area contributed by atoms with Crippen LogP contribution in [0.15, 0.2) is 45.5 Å². The zero-order chi connectivity index (χ0) is 28.6. The third-order valence-electron chi connectivity index (χ3n) is 6.20. The first-order chi connectivity index (χ1) is 19.2. The number of nitrogen functional groups attached to an aromatic ring is 1. The van der Waals surface area contributed by atoms with Crippen molar-refractivity contribution < 1.29 is 34.0 Å². The van der Waals surface area contributed by atoms with Gasteiger partial charge in [-0.05, 0) is 6.07 Å². The minimum atomic E-state index is -1.23. The molecule has 2 amide bonds. The number of rotatable bonds is 10. The molecule has 0 saturated carbocycles. The molecule has 0 aliphatic carbocycles. The van der Waals surface area contributed by atoms with Gasteiger partial charge in [-0.3, -0.25) is 14.5 Å². The zero-order valence-electron chi connectivity index (χ0n) is 20.9. The molecule has 3 aromatic rings. The molecule has 0 radical (unpaired) electrons. The van der Waals surface area contributed by atoms with Crippen LogP contribution in [0.1, 0.15) is 5.69 Å². The monoisotopic (exact) mass is 605 g/mol. The topological polar surface area (TPSA) is 209 Å². The zero-order valence-corrected chi connectivity index (χ0v) is 23.4. The Hall–Kier alpha value is -3.77. The van der Waals surface area contributed by atoms with E-state index in [9.17, 15) is 24.6 Å². The average molecular weight is 606 g/mol. The van der Waals surface area contributed by atoms with E-state index >= 15 is 0 Å². The average Bonchev–Trinajstić information content (AvgIpc) is 3.56. The highest BCUT2D eigenvalue weighted by Gasteiger charge is 2.55. The number of aromatic nitrogens is 2. The number of nitrogens with one attached hydrogen (secondary N) is 2. The maximum absolute atomic E-state index is 13.2. The maximum Gasteiger partial charge on any atom is 0.352 e. The predicted molar refractivity (Wildman–Crippen MR) is 150 cm³/mol. The van der Waals surface area contributed by atoms with E-state index in [0.29, 0.717) is 17.0 Å². The number of oxime groups is 1. The van der Waals surface area contributed by atoms with Crippen LogP contribution in [0.5, 0.6) is 0 Å². The molecule has 5 rings (SSSR count). The summed E-state index contributed by atoms with van der Waals surface area (Å²) < 4.78 is 1.90. The fourth-order valence-electron chi connectivity index (χ4n) is 4.44. The molecule has 2 aliphatic rings. The van der Waals surface area contributed by atoms with E-state index in [1.165, 1.54) is 35.1 Å². The fraction of sp³-hybridized carbons (Fsp3) is 0.304. The van der Waals surface area contributed by atoms with Crippen LogP contribution in [0.25, 0.3) is 10.2 Å². The van der Waals surface area contributed by atoms with Gasteiger partial charge in [-0.2, -0.15) is 4.57 Å². The summed E-state index contributed by atoms with van der Waals surface area (Å²) in [5.74, 6) is -2.14. The summed E-state index contributed by atoms with van der Waals surface area (Å²) in [6, 6.07) is 2.76. The highest BCUT2D eigenvalue weighted by Crippen LogP contribution is 2.40. The first-order valence-electron chi connectivity index (χ1n) is 11.8. The molecule has 3 aromatic heterocycles. The van der Waals surface area contributed by atoms with Crippen molar-refractivity contribution in [3.8, 4) is 0 Å². The van der Waals surface area contributed by atoms with Crippen molar-refractivity contribution in [1.82, 2.24) is 15.2 Å². The van der Waals surface area contributed by atoms with Crippen molar-refractivity contribution >= 4 is 79.0 Å². The number of carbonyl (C=O) groups excluding carboxylic acids is 2. The molecular weight excluding hydrogens is 581 g/mol. The number of thioether (sulfide) groups is 1. The Morgan fingerprint density at radius 3 is 2.85 bits per heavy atom. The lowest BCUT2D eigenvalue weighted by molar-refractivity contribution is -0.661. The van der Waals surface area contributed by atoms with Crippen molar-refractivity contribution in [2.75, 3.05) is 30.5 Å². The van der Waals surface area contributed by atoms with Crippen LogP contribution in [-0.4, -0.2) is 80.6 Å². The van der Waals surface area contributed by atoms with E-state index in [0.717, 1.165) is 21.6 Å². The molecule has 17 heteroatoms. The minimum Gasteiger partial charge on any atom is -0.477 e.